The predicted molar refractivity (Wildman–Crippen MR) is 79.8 cm³/mol. The third kappa shape index (κ3) is 2.85. The van der Waals surface area contributed by atoms with Crippen LogP contribution >= 0.6 is 0 Å². The van der Waals surface area contributed by atoms with E-state index in [2.05, 4.69) is 10.00 Å². The smallest absolute Gasteiger partial charge is 0.243 e. The Morgan fingerprint density at radius 3 is 2.29 bits per heavy atom. The lowest BCUT2D eigenvalue weighted by Crippen LogP contribution is -2.46. The van der Waals surface area contributed by atoms with Gasteiger partial charge in [-0.15, -0.1) is 0 Å². The molecule has 1 fully saturated rings. The van der Waals surface area contributed by atoms with Crippen LogP contribution in [0.25, 0.3) is 5.69 Å². The van der Waals surface area contributed by atoms with Crippen LogP contribution in [-0.2, 0) is 10.0 Å². The summed E-state index contributed by atoms with van der Waals surface area (Å²) in [5.41, 5.74) is 0.845. The number of piperazine rings is 1. The van der Waals surface area contributed by atoms with Crippen LogP contribution in [0.3, 0.4) is 0 Å². The molecule has 1 aromatic heterocycles. The largest absolute Gasteiger partial charge is 0.304 e. The van der Waals surface area contributed by atoms with Crippen molar-refractivity contribution in [2.24, 2.45) is 0 Å². The molecule has 0 N–H and O–H groups in total. The van der Waals surface area contributed by atoms with E-state index in [1.54, 1.807) is 39.4 Å². The minimum absolute atomic E-state index is 0.336. The third-order valence-electron chi connectivity index (χ3n) is 3.71. The van der Waals surface area contributed by atoms with Crippen LogP contribution in [-0.4, -0.2) is 60.6 Å². The van der Waals surface area contributed by atoms with Crippen molar-refractivity contribution < 1.29 is 8.42 Å². The van der Waals surface area contributed by atoms with E-state index in [-0.39, 0.29) is 0 Å². The van der Waals surface area contributed by atoms with Gasteiger partial charge in [0.2, 0.25) is 10.0 Å². The van der Waals surface area contributed by atoms with Crippen molar-refractivity contribution in [2.45, 2.75) is 4.90 Å². The van der Waals surface area contributed by atoms with Crippen molar-refractivity contribution in [1.82, 2.24) is 19.0 Å². The Hall–Kier alpha value is -1.70. The number of aromatic nitrogens is 2. The van der Waals surface area contributed by atoms with E-state index in [9.17, 15) is 8.42 Å². The Bertz CT molecular complexity index is 687. The fourth-order valence-corrected chi connectivity index (χ4v) is 3.79. The number of nitrogens with zero attached hydrogens (tertiary/aromatic N) is 4. The molecule has 0 radical (unpaired) electrons. The third-order valence-corrected chi connectivity index (χ3v) is 5.62. The Morgan fingerprint density at radius 1 is 1.05 bits per heavy atom. The lowest BCUT2D eigenvalue weighted by Gasteiger charge is -2.31. The summed E-state index contributed by atoms with van der Waals surface area (Å²) in [5, 5.41) is 4.13. The zero-order valence-electron chi connectivity index (χ0n) is 11.9. The van der Waals surface area contributed by atoms with Crippen LogP contribution in [0.1, 0.15) is 0 Å². The Morgan fingerprint density at radius 2 is 1.71 bits per heavy atom. The molecule has 1 aromatic carbocycles. The minimum atomic E-state index is -3.39. The molecule has 21 heavy (non-hydrogen) atoms. The molecule has 2 heterocycles. The first-order chi connectivity index (χ1) is 10.1. The topological polar surface area (TPSA) is 58.4 Å². The summed E-state index contributed by atoms with van der Waals surface area (Å²) < 4.78 is 28.4. The fourth-order valence-electron chi connectivity index (χ4n) is 2.37. The molecule has 112 valence electrons. The summed E-state index contributed by atoms with van der Waals surface area (Å²) in [7, 11) is -1.39. The SMILES string of the molecule is CN1CCN(S(=O)(=O)c2ccc(-n3cccn3)cc2)CC1. The molecular weight excluding hydrogens is 288 g/mol. The van der Waals surface area contributed by atoms with Gasteiger partial charge in [0.05, 0.1) is 10.6 Å². The average Bonchev–Trinajstić information content (AvgIpc) is 3.02. The highest BCUT2D eigenvalue weighted by atomic mass is 32.2. The van der Waals surface area contributed by atoms with E-state index in [0.717, 1.165) is 18.8 Å². The van der Waals surface area contributed by atoms with Gasteiger partial charge in [0.1, 0.15) is 0 Å². The highest BCUT2D eigenvalue weighted by molar-refractivity contribution is 7.89. The van der Waals surface area contributed by atoms with E-state index < -0.39 is 10.0 Å². The summed E-state index contributed by atoms with van der Waals surface area (Å²) in [5.74, 6) is 0. The molecule has 6 nitrogen and oxygen atoms in total. The van der Waals surface area contributed by atoms with Crippen molar-refractivity contribution in [3.05, 3.63) is 42.7 Å². The van der Waals surface area contributed by atoms with Crippen LogP contribution in [0.5, 0.6) is 0 Å². The number of benzene rings is 1. The molecule has 7 heteroatoms. The first kappa shape index (κ1) is 14.2. The maximum absolute atomic E-state index is 12.6. The molecule has 0 unspecified atom stereocenters. The molecular formula is C14H18N4O2S. The van der Waals surface area contributed by atoms with Gasteiger partial charge in [-0.1, -0.05) is 0 Å². The second-order valence-corrected chi connectivity index (χ2v) is 7.09. The molecule has 0 amide bonds. The molecule has 0 saturated carbocycles. The van der Waals surface area contributed by atoms with Crippen molar-refractivity contribution in [3.8, 4) is 5.69 Å². The highest BCUT2D eigenvalue weighted by Gasteiger charge is 2.27. The monoisotopic (exact) mass is 306 g/mol. The van der Waals surface area contributed by atoms with Crippen molar-refractivity contribution in [1.29, 1.82) is 0 Å². The average molecular weight is 306 g/mol. The van der Waals surface area contributed by atoms with Gasteiger partial charge in [-0.05, 0) is 37.4 Å². The Labute approximate surface area is 124 Å². The molecule has 1 aliphatic rings. The van der Waals surface area contributed by atoms with Gasteiger partial charge in [0.25, 0.3) is 0 Å². The van der Waals surface area contributed by atoms with E-state index >= 15 is 0 Å². The predicted octanol–water partition coefficient (Wildman–Crippen LogP) is 0.808. The Balaban J connectivity index is 1.83. The molecule has 2 aromatic rings. The fraction of sp³-hybridized carbons (Fsp3) is 0.357. The number of likely N-dealkylation sites (N-methyl/N-ethyl adjacent to an activating group) is 1. The van der Waals surface area contributed by atoms with Gasteiger partial charge in [-0.25, -0.2) is 13.1 Å². The van der Waals surface area contributed by atoms with Gasteiger partial charge in [-0.2, -0.15) is 9.40 Å². The van der Waals surface area contributed by atoms with E-state index in [0.29, 0.717) is 18.0 Å². The lowest BCUT2D eigenvalue weighted by molar-refractivity contribution is 0.222. The minimum Gasteiger partial charge on any atom is -0.304 e. The van der Waals surface area contributed by atoms with Crippen molar-refractivity contribution in [3.63, 3.8) is 0 Å². The normalized spacial score (nSPS) is 18.0. The molecule has 1 saturated heterocycles. The maximum Gasteiger partial charge on any atom is 0.243 e. The lowest BCUT2D eigenvalue weighted by atomic mass is 10.3. The van der Waals surface area contributed by atoms with Crippen LogP contribution in [0.15, 0.2) is 47.6 Å². The molecule has 0 aliphatic carbocycles. The molecule has 0 bridgehead atoms. The maximum atomic E-state index is 12.6. The second-order valence-electron chi connectivity index (χ2n) is 5.15. The van der Waals surface area contributed by atoms with Crippen molar-refractivity contribution in [2.75, 3.05) is 33.2 Å². The van der Waals surface area contributed by atoms with Gasteiger partial charge in [-0.3, -0.25) is 0 Å². The first-order valence-electron chi connectivity index (χ1n) is 6.86. The molecule has 3 rings (SSSR count). The van der Waals surface area contributed by atoms with Crippen LogP contribution in [0, 0.1) is 0 Å². The van der Waals surface area contributed by atoms with E-state index in [1.165, 1.54) is 0 Å². The summed E-state index contributed by atoms with van der Waals surface area (Å²) >= 11 is 0. The van der Waals surface area contributed by atoms with E-state index in [1.807, 2.05) is 19.3 Å². The highest BCUT2D eigenvalue weighted by Crippen LogP contribution is 2.19. The van der Waals surface area contributed by atoms with Crippen LogP contribution in [0.4, 0.5) is 0 Å². The summed E-state index contributed by atoms with van der Waals surface area (Å²) in [4.78, 5) is 2.47. The number of hydrogen-bond acceptors (Lipinski definition) is 4. The zero-order valence-corrected chi connectivity index (χ0v) is 12.7. The van der Waals surface area contributed by atoms with Gasteiger partial charge >= 0.3 is 0 Å². The van der Waals surface area contributed by atoms with Gasteiger partial charge in [0.15, 0.2) is 0 Å². The molecule has 1 aliphatic heterocycles. The van der Waals surface area contributed by atoms with Crippen molar-refractivity contribution >= 4 is 10.0 Å². The van der Waals surface area contributed by atoms with Crippen LogP contribution in [0.2, 0.25) is 0 Å². The molecule has 0 spiro atoms. The quantitative estimate of drug-likeness (QED) is 0.842. The molecule has 0 atom stereocenters. The van der Waals surface area contributed by atoms with Gasteiger partial charge in [0, 0.05) is 38.6 Å². The first-order valence-corrected chi connectivity index (χ1v) is 8.30. The number of hydrogen-bond donors (Lipinski definition) is 0. The summed E-state index contributed by atoms with van der Waals surface area (Å²) in [6, 6.07) is 8.66. The standard InChI is InChI=1S/C14H18N4O2S/c1-16-9-11-17(12-10-16)21(19,20)14-5-3-13(4-6-14)18-8-2-7-15-18/h2-8H,9-12H2,1H3. The second kappa shape index (κ2) is 5.59. The van der Waals surface area contributed by atoms with Crippen LogP contribution < -0.4 is 0 Å². The summed E-state index contributed by atoms with van der Waals surface area (Å²) in [6.07, 6.45) is 3.51. The van der Waals surface area contributed by atoms with Gasteiger partial charge < -0.3 is 4.90 Å². The van der Waals surface area contributed by atoms with E-state index in [4.69, 9.17) is 0 Å². The Kier molecular flexibility index (Phi) is 3.79. The number of sulfonamides is 1. The number of rotatable bonds is 3. The zero-order chi connectivity index (χ0) is 14.9. The summed E-state index contributed by atoms with van der Waals surface area (Å²) in [6.45, 7) is 2.62.